The molecule has 0 aliphatic heterocycles. The highest BCUT2D eigenvalue weighted by Crippen LogP contribution is 2.13. The third kappa shape index (κ3) is 4.39. The maximum Gasteiger partial charge on any atom is 0.211 e. The molecule has 110 valence electrons. The number of hydrogen-bond donors (Lipinski definition) is 1. The Balaban J connectivity index is 1.83. The van der Waals surface area contributed by atoms with Crippen LogP contribution in [0.15, 0.2) is 23.8 Å². The predicted molar refractivity (Wildman–Crippen MR) is 79.6 cm³/mol. The fraction of sp³-hybridized carbons (Fsp3) is 0.500. The maximum absolute atomic E-state index is 11.6. The lowest BCUT2D eigenvalue weighted by Gasteiger charge is -2.04. The normalized spacial score (nSPS) is 11.8. The first-order chi connectivity index (χ1) is 9.61. The Kier molecular flexibility index (Phi) is 5.27. The summed E-state index contributed by atoms with van der Waals surface area (Å²) in [6.45, 7) is 2.36. The van der Waals surface area contributed by atoms with Crippen molar-refractivity contribution in [1.82, 2.24) is 19.5 Å². The highest BCUT2D eigenvalue weighted by atomic mass is 32.2. The van der Waals surface area contributed by atoms with E-state index in [2.05, 4.69) is 14.8 Å². The summed E-state index contributed by atoms with van der Waals surface area (Å²) in [6.07, 6.45) is 5.68. The number of rotatable bonds is 8. The van der Waals surface area contributed by atoms with Crippen molar-refractivity contribution in [2.45, 2.75) is 26.2 Å². The molecule has 0 unspecified atom stereocenters. The average Bonchev–Trinajstić information content (AvgIpc) is 3.06. The van der Waals surface area contributed by atoms with Crippen LogP contribution in [0, 0.1) is 0 Å². The molecular weight excluding hydrogens is 296 g/mol. The zero-order chi connectivity index (χ0) is 14.4. The van der Waals surface area contributed by atoms with E-state index in [-0.39, 0.29) is 5.75 Å². The van der Waals surface area contributed by atoms with E-state index in [0.29, 0.717) is 19.4 Å². The average molecular weight is 314 g/mol. The monoisotopic (exact) mass is 314 g/mol. The lowest BCUT2D eigenvalue weighted by atomic mass is 10.3. The highest BCUT2D eigenvalue weighted by molar-refractivity contribution is 7.89. The summed E-state index contributed by atoms with van der Waals surface area (Å²) in [5, 5.41) is 6.82. The van der Waals surface area contributed by atoms with Crippen molar-refractivity contribution < 1.29 is 8.42 Å². The molecule has 0 spiro atoms. The summed E-state index contributed by atoms with van der Waals surface area (Å²) >= 11 is 1.49. The van der Waals surface area contributed by atoms with Crippen molar-refractivity contribution in [2.75, 3.05) is 12.3 Å². The summed E-state index contributed by atoms with van der Waals surface area (Å²) < 4.78 is 27.6. The molecule has 0 saturated carbocycles. The number of hydrogen-bond acceptors (Lipinski definition) is 5. The largest absolute Gasteiger partial charge is 0.223 e. The Hall–Kier alpha value is -1.25. The molecule has 6 nitrogen and oxygen atoms in total. The molecule has 2 heterocycles. The van der Waals surface area contributed by atoms with Crippen molar-refractivity contribution >= 4 is 21.4 Å². The van der Waals surface area contributed by atoms with Gasteiger partial charge < -0.3 is 0 Å². The third-order valence-electron chi connectivity index (χ3n) is 2.71. The summed E-state index contributed by atoms with van der Waals surface area (Å²) in [5.41, 5.74) is 0.874. The van der Waals surface area contributed by atoms with E-state index in [4.69, 9.17) is 0 Å². The lowest BCUT2D eigenvalue weighted by molar-refractivity contribution is 0.578. The fourth-order valence-corrected chi connectivity index (χ4v) is 3.66. The van der Waals surface area contributed by atoms with Crippen LogP contribution in [0.25, 0.3) is 5.13 Å². The van der Waals surface area contributed by atoms with E-state index in [1.54, 1.807) is 10.9 Å². The van der Waals surface area contributed by atoms with Gasteiger partial charge >= 0.3 is 0 Å². The second-order valence-electron chi connectivity index (χ2n) is 4.39. The molecule has 20 heavy (non-hydrogen) atoms. The molecule has 1 N–H and O–H groups in total. The van der Waals surface area contributed by atoms with Gasteiger partial charge in [-0.3, -0.25) is 0 Å². The van der Waals surface area contributed by atoms with Crippen LogP contribution in [-0.2, 0) is 16.4 Å². The van der Waals surface area contributed by atoms with Gasteiger partial charge in [-0.15, -0.1) is 11.3 Å². The zero-order valence-corrected chi connectivity index (χ0v) is 13.0. The number of aromatic nitrogens is 3. The minimum absolute atomic E-state index is 0.194. The fourth-order valence-electron chi connectivity index (χ4n) is 1.64. The summed E-state index contributed by atoms with van der Waals surface area (Å²) in [7, 11) is -3.14. The number of nitrogens with zero attached hydrogens (tertiary/aromatic N) is 3. The first-order valence-corrected chi connectivity index (χ1v) is 9.05. The van der Waals surface area contributed by atoms with Gasteiger partial charge in [-0.25, -0.2) is 22.8 Å². The Morgan fingerprint density at radius 1 is 1.45 bits per heavy atom. The minimum Gasteiger partial charge on any atom is -0.223 e. The molecule has 8 heteroatoms. The standard InChI is InChI=1S/C12H18N4O2S2/c1-2-3-9-20(17,18)14-7-5-11-10-19-12(15-11)16-8-4-6-13-16/h4,6,8,10,14H,2-3,5,7,9H2,1H3. The Morgan fingerprint density at radius 3 is 3.00 bits per heavy atom. The Morgan fingerprint density at radius 2 is 2.30 bits per heavy atom. The third-order valence-corrected chi connectivity index (χ3v) is 5.06. The Labute approximate surface area is 122 Å². The topological polar surface area (TPSA) is 76.9 Å². The van der Waals surface area contributed by atoms with Crippen molar-refractivity contribution in [3.8, 4) is 5.13 Å². The van der Waals surface area contributed by atoms with Gasteiger partial charge in [0.15, 0.2) is 0 Å². The first-order valence-electron chi connectivity index (χ1n) is 6.52. The van der Waals surface area contributed by atoms with Crippen LogP contribution in [0.4, 0.5) is 0 Å². The quantitative estimate of drug-likeness (QED) is 0.803. The molecule has 0 aromatic carbocycles. The van der Waals surface area contributed by atoms with Gasteiger partial charge in [-0.2, -0.15) is 5.10 Å². The van der Waals surface area contributed by atoms with E-state index in [1.165, 1.54) is 11.3 Å². The second-order valence-corrected chi connectivity index (χ2v) is 7.15. The first kappa shape index (κ1) is 15.1. The molecular formula is C12H18N4O2S2. The van der Waals surface area contributed by atoms with Gasteiger partial charge in [0.25, 0.3) is 0 Å². The minimum atomic E-state index is -3.14. The van der Waals surface area contributed by atoms with Crippen LogP contribution in [0.5, 0.6) is 0 Å². The molecule has 2 aromatic rings. The molecule has 2 rings (SSSR count). The van der Waals surface area contributed by atoms with Crippen LogP contribution in [-0.4, -0.2) is 35.5 Å². The van der Waals surface area contributed by atoms with Crippen molar-refractivity contribution in [3.05, 3.63) is 29.5 Å². The summed E-state index contributed by atoms with van der Waals surface area (Å²) in [6, 6.07) is 1.84. The number of unbranched alkanes of at least 4 members (excludes halogenated alkanes) is 1. The van der Waals surface area contributed by atoms with Crippen LogP contribution >= 0.6 is 11.3 Å². The van der Waals surface area contributed by atoms with Crippen LogP contribution in [0.3, 0.4) is 0 Å². The molecule has 0 saturated heterocycles. The maximum atomic E-state index is 11.6. The smallest absolute Gasteiger partial charge is 0.211 e. The summed E-state index contributed by atoms with van der Waals surface area (Å²) in [4.78, 5) is 4.42. The number of nitrogens with one attached hydrogen (secondary N) is 1. The molecule has 0 fully saturated rings. The summed E-state index contributed by atoms with van der Waals surface area (Å²) in [5.74, 6) is 0.194. The molecule has 0 amide bonds. The van der Waals surface area contributed by atoms with Gasteiger partial charge in [-0.1, -0.05) is 13.3 Å². The van der Waals surface area contributed by atoms with Gasteiger partial charge in [0.05, 0.1) is 11.4 Å². The molecule has 0 radical (unpaired) electrons. The van der Waals surface area contributed by atoms with E-state index in [9.17, 15) is 8.42 Å². The van der Waals surface area contributed by atoms with Crippen LogP contribution < -0.4 is 4.72 Å². The Bertz CT molecular complexity index is 620. The number of sulfonamides is 1. The second kappa shape index (κ2) is 6.96. The molecule has 0 atom stereocenters. The van der Waals surface area contributed by atoms with Crippen molar-refractivity contribution in [2.24, 2.45) is 0 Å². The molecule has 0 aliphatic carbocycles. The SMILES string of the molecule is CCCCS(=O)(=O)NCCc1csc(-n2cccn2)n1. The van der Waals surface area contributed by atoms with Gasteiger partial charge in [-0.05, 0) is 12.5 Å². The van der Waals surface area contributed by atoms with Crippen LogP contribution in [0.2, 0.25) is 0 Å². The number of thiazole rings is 1. The molecule has 0 bridgehead atoms. The van der Waals surface area contributed by atoms with Crippen molar-refractivity contribution in [3.63, 3.8) is 0 Å². The van der Waals surface area contributed by atoms with Crippen molar-refractivity contribution in [1.29, 1.82) is 0 Å². The van der Waals surface area contributed by atoms with Gasteiger partial charge in [0.2, 0.25) is 15.2 Å². The van der Waals surface area contributed by atoms with Crippen LogP contribution in [0.1, 0.15) is 25.5 Å². The van der Waals surface area contributed by atoms with Gasteiger partial charge in [0, 0.05) is 30.7 Å². The van der Waals surface area contributed by atoms with E-state index in [0.717, 1.165) is 17.2 Å². The molecule has 0 aliphatic rings. The van der Waals surface area contributed by atoms with E-state index in [1.807, 2.05) is 24.6 Å². The van der Waals surface area contributed by atoms with E-state index >= 15 is 0 Å². The predicted octanol–water partition coefficient (Wildman–Crippen LogP) is 1.59. The molecule has 2 aromatic heterocycles. The van der Waals surface area contributed by atoms with Gasteiger partial charge in [0.1, 0.15) is 0 Å². The van der Waals surface area contributed by atoms with E-state index < -0.39 is 10.0 Å². The zero-order valence-electron chi connectivity index (χ0n) is 11.3. The lowest BCUT2D eigenvalue weighted by Crippen LogP contribution is -2.28. The highest BCUT2D eigenvalue weighted by Gasteiger charge is 2.09.